The fraction of sp³-hybridized carbons (Fsp3) is 0.286. The van der Waals surface area contributed by atoms with Crippen molar-refractivity contribution in [3.63, 3.8) is 0 Å². The van der Waals surface area contributed by atoms with Crippen molar-refractivity contribution in [1.29, 1.82) is 0 Å². The number of aromatic nitrogens is 2. The molecule has 2 atom stereocenters. The highest BCUT2D eigenvalue weighted by molar-refractivity contribution is 6.31. The van der Waals surface area contributed by atoms with Gasteiger partial charge < -0.3 is 0 Å². The minimum absolute atomic E-state index is 0.233. The Morgan fingerprint density at radius 1 is 0.944 bits per heavy atom. The summed E-state index contributed by atoms with van der Waals surface area (Å²) in [6.45, 7) is 0. The Morgan fingerprint density at radius 2 is 1.67 bits per heavy atom. The van der Waals surface area contributed by atoms with Crippen LogP contribution < -0.4 is 0 Å². The highest BCUT2D eigenvalue weighted by atomic mass is 35.5. The highest BCUT2D eigenvalue weighted by Gasteiger charge is 2.34. The summed E-state index contributed by atoms with van der Waals surface area (Å²) in [5, 5.41) is 0.653. The molecule has 1 aromatic carbocycles. The first-order valence-corrected chi connectivity index (χ1v) is 6.74. The molecule has 0 aliphatic heterocycles. The van der Waals surface area contributed by atoms with E-state index in [2.05, 4.69) is 34.2 Å². The zero-order valence-electron chi connectivity index (χ0n) is 9.68. The van der Waals surface area contributed by atoms with Crippen LogP contribution in [0.1, 0.15) is 35.9 Å². The van der Waals surface area contributed by atoms with Crippen LogP contribution in [-0.4, -0.2) is 9.97 Å². The minimum atomic E-state index is 0.233. The molecule has 2 aromatic rings. The molecule has 1 aromatic heterocycles. The maximum Gasteiger partial charge on any atom is 0.224 e. The number of hydrogen-bond acceptors (Lipinski definition) is 2. The van der Waals surface area contributed by atoms with Crippen molar-refractivity contribution in [2.24, 2.45) is 0 Å². The summed E-state index contributed by atoms with van der Waals surface area (Å²) >= 11 is 11.8. The molecule has 1 saturated carbocycles. The van der Waals surface area contributed by atoms with E-state index in [1.807, 2.05) is 12.1 Å². The Kier molecular flexibility index (Phi) is 3.23. The van der Waals surface area contributed by atoms with Crippen LogP contribution in [0.2, 0.25) is 10.4 Å². The summed E-state index contributed by atoms with van der Waals surface area (Å²) in [6.07, 6.45) is 2.32. The fourth-order valence-corrected chi connectivity index (χ4v) is 2.97. The Hall–Kier alpha value is -1.12. The van der Waals surface area contributed by atoms with Crippen molar-refractivity contribution in [3.8, 4) is 0 Å². The minimum Gasteiger partial charge on any atom is -0.223 e. The molecule has 1 aliphatic rings. The second-order valence-electron chi connectivity index (χ2n) is 4.59. The normalized spacial score (nSPS) is 22.6. The summed E-state index contributed by atoms with van der Waals surface area (Å²) in [7, 11) is 0. The topological polar surface area (TPSA) is 25.8 Å². The van der Waals surface area contributed by atoms with E-state index in [-0.39, 0.29) is 5.28 Å². The summed E-state index contributed by atoms with van der Waals surface area (Å²) in [4.78, 5) is 8.19. The first kappa shape index (κ1) is 11.9. The van der Waals surface area contributed by atoms with Gasteiger partial charge in [-0.2, -0.15) is 0 Å². The van der Waals surface area contributed by atoms with Crippen molar-refractivity contribution in [1.82, 2.24) is 9.97 Å². The monoisotopic (exact) mass is 278 g/mol. The fourth-order valence-electron chi connectivity index (χ4n) is 2.55. The molecular formula is C14H12Cl2N2. The van der Waals surface area contributed by atoms with Crippen LogP contribution in [0, 0.1) is 0 Å². The summed E-state index contributed by atoms with van der Waals surface area (Å²) in [5.41, 5.74) is 2.32. The molecule has 0 amide bonds. The Bertz CT molecular complexity index is 537. The number of rotatable bonds is 2. The van der Waals surface area contributed by atoms with Gasteiger partial charge >= 0.3 is 0 Å². The maximum atomic E-state index is 5.93. The summed E-state index contributed by atoms with van der Waals surface area (Å²) < 4.78 is 0. The van der Waals surface area contributed by atoms with Crippen LogP contribution in [0.25, 0.3) is 0 Å². The SMILES string of the molecule is Clc1cc(C2CCC2c2ccccc2)nc(Cl)n1. The van der Waals surface area contributed by atoms with Gasteiger partial charge in [0.25, 0.3) is 0 Å². The molecule has 1 heterocycles. The maximum absolute atomic E-state index is 5.93. The van der Waals surface area contributed by atoms with E-state index >= 15 is 0 Å². The van der Waals surface area contributed by atoms with Crippen molar-refractivity contribution < 1.29 is 0 Å². The van der Waals surface area contributed by atoms with Gasteiger partial charge in [0.15, 0.2) is 0 Å². The number of nitrogens with zero attached hydrogens (tertiary/aromatic N) is 2. The molecule has 92 valence electrons. The molecule has 0 radical (unpaired) electrons. The highest BCUT2D eigenvalue weighted by Crippen LogP contribution is 2.48. The second-order valence-corrected chi connectivity index (χ2v) is 5.31. The van der Waals surface area contributed by atoms with Gasteiger partial charge in [-0.15, -0.1) is 0 Å². The lowest BCUT2D eigenvalue weighted by Gasteiger charge is -2.36. The van der Waals surface area contributed by atoms with Crippen LogP contribution in [0.4, 0.5) is 0 Å². The van der Waals surface area contributed by atoms with Crippen molar-refractivity contribution in [2.75, 3.05) is 0 Å². The lowest BCUT2D eigenvalue weighted by molar-refractivity contribution is 0.339. The van der Waals surface area contributed by atoms with Gasteiger partial charge in [-0.3, -0.25) is 0 Å². The Balaban J connectivity index is 1.89. The molecule has 2 unspecified atom stereocenters. The second kappa shape index (κ2) is 4.87. The molecule has 0 spiro atoms. The molecule has 0 saturated heterocycles. The van der Waals surface area contributed by atoms with E-state index in [0.29, 0.717) is 17.0 Å². The van der Waals surface area contributed by atoms with Gasteiger partial charge in [0.05, 0.1) is 5.69 Å². The number of benzene rings is 1. The third-order valence-corrected chi connectivity index (χ3v) is 3.93. The van der Waals surface area contributed by atoms with Crippen molar-refractivity contribution in [3.05, 3.63) is 58.1 Å². The molecule has 1 fully saturated rings. The standard InChI is InChI=1S/C14H12Cl2N2/c15-13-8-12(17-14(16)18-13)11-7-6-10(11)9-4-2-1-3-5-9/h1-5,8,10-11H,6-7H2. The van der Waals surface area contributed by atoms with Crippen LogP contribution >= 0.6 is 23.2 Å². The molecule has 4 heteroatoms. The van der Waals surface area contributed by atoms with E-state index in [0.717, 1.165) is 12.1 Å². The summed E-state index contributed by atoms with van der Waals surface area (Å²) in [5.74, 6) is 0.929. The zero-order valence-corrected chi connectivity index (χ0v) is 11.2. The molecule has 2 nitrogen and oxygen atoms in total. The number of hydrogen-bond donors (Lipinski definition) is 0. The first-order valence-electron chi connectivity index (χ1n) is 5.99. The average molecular weight is 279 g/mol. The molecule has 1 aliphatic carbocycles. The van der Waals surface area contributed by atoms with Gasteiger partial charge in [-0.25, -0.2) is 9.97 Å². The molecule has 0 N–H and O–H groups in total. The number of halogens is 2. The van der Waals surface area contributed by atoms with Gasteiger partial charge in [-0.05, 0) is 42.0 Å². The van der Waals surface area contributed by atoms with Crippen LogP contribution in [0.15, 0.2) is 36.4 Å². The molecular weight excluding hydrogens is 267 g/mol. The third-order valence-electron chi connectivity index (χ3n) is 3.57. The smallest absolute Gasteiger partial charge is 0.223 e. The zero-order chi connectivity index (χ0) is 12.5. The lowest BCUT2D eigenvalue weighted by Crippen LogP contribution is -2.23. The van der Waals surface area contributed by atoms with Crippen LogP contribution in [0.3, 0.4) is 0 Å². The third kappa shape index (κ3) is 2.23. The quantitative estimate of drug-likeness (QED) is 0.599. The van der Waals surface area contributed by atoms with Gasteiger partial charge in [0.2, 0.25) is 5.28 Å². The van der Waals surface area contributed by atoms with E-state index in [9.17, 15) is 0 Å². The van der Waals surface area contributed by atoms with E-state index in [4.69, 9.17) is 23.2 Å². The van der Waals surface area contributed by atoms with Gasteiger partial charge in [0, 0.05) is 5.92 Å². The van der Waals surface area contributed by atoms with Gasteiger partial charge in [0.1, 0.15) is 5.15 Å². The van der Waals surface area contributed by atoms with Crippen molar-refractivity contribution >= 4 is 23.2 Å². The largest absolute Gasteiger partial charge is 0.224 e. The van der Waals surface area contributed by atoms with E-state index in [1.165, 1.54) is 12.0 Å². The van der Waals surface area contributed by atoms with Gasteiger partial charge in [-0.1, -0.05) is 41.9 Å². The van der Waals surface area contributed by atoms with Crippen molar-refractivity contribution in [2.45, 2.75) is 24.7 Å². The predicted octanol–water partition coefficient (Wildman–Crippen LogP) is 4.44. The van der Waals surface area contributed by atoms with Crippen LogP contribution in [-0.2, 0) is 0 Å². The van der Waals surface area contributed by atoms with E-state index < -0.39 is 0 Å². The van der Waals surface area contributed by atoms with Crippen LogP contribution in [0.5, 0.6) is 0 Å². The predicted molar refractivity (Wildman–Crippen MR) is 73.2 cm³/mol. The lowest BCUT2D eigenvalue weighted by atomic mass is 9.68. The molecule has 18 heavy (non-hydrogen) atoms. The summed E-state index contributed by atoms with van der Waals surface area (Å²) in [6, 6.07) is 12.3. The molecule has 0 bridgehead atoms. The Morgan fingerprint density at radius 3 is 2.28 bits per heavy atom. The van der Waals surface area contributed by atoms with E-state index in [1.54, 1.807) is 0 Å². The average Bonchev–Trinajstić information content (AvgIpc) is 2.27. The molecule has 3 rings (SSSR count). The Labute approximate surface area is 116 Å². The first-order chi connectivity index (χ1) is 8.74.